The molecule has 1 heterocycles. The van der Waals surface area contributed by atoms with E-state index in [1.807, 2.05) is 42.4 Å². The van der Waals surface area contributed by atoms with Crippen molar-refractivity contribution in [3.8, 4) is 11.5 Å². The van der Waals surface area contributed by atoms with E-state index >= 15 is 0 Å². The van der Waals surface area contributed by atoms with E-state index in [0.29, 0.717) is 35.7 Å². The third-order valence-electron chi connectivity index (χ3n) is 5.94. The number of allylic oxidation sites excluding steroid dienone is 1. The summed E-state index contributed by atoms with van der Waals surface area (Å²) in [5.41, 5.74) is 5.37. The van der Waals surface area contributed by atoms with E-state index < -0.39 is 5.97 Å². The molecular weight excluding hydrogens is 446 g/mol. The molecule has 8 heteroatoms. The number of esters is 1. The van der Waals surface area contributed by atoms with Crippen LogP contribution in [0.15, 0.2) is 59.7 Å². The van der Waals surface area contributed by atoms with Crippen molar-refractivity contribution in [3.63, 3.8) is 0 Å². The van der Waals surface area contributed by atoms with Crippen LogP contribution >= 0.6 is 0 Å². The lowest BCUT2D eigenvalue weighted by Gasteiger charge is -2.32. The minimum atomic E-state index is -0.611. The number of hydrogen-bond acceptors (Lipinski definition) is 7. The van der Waals surface area contributed by atoms with Gasteiger partial charge in [-0.15, -0.1) is 0 Å². The molecule has 1 fully saturated rings. The van der Waals surface area contributed by atoms with Crippen LogP contribution in [0, 0.1) is 0 Å². The van der Waals surface area contributed by atoms with Crippen LogP contribution in [0.4, 0.5) is 0 Å². The minimum Gasteiger partial charge on any atom is -0.497 e. The van der Waals surface area contributed by atoms with E-state index in [-0.39, 0.29) is 17.1 Å². The molecule has 0 spiro atoms. The molecule has 8 nitrogen and oxygen atoms in total. The summed E-state index contributed by atoms with van der Waals surface area (Å²) in [5.74, 6) is 0.143. The lowest BCUT2D eigenvalue weighted by atomic mass is 9.93. The van der Waals surface area contributed by atoms with Gasteiger partial charge in [-0.2, -0.15) is 0 Å². The van der Waals surface area contributed by atoms with Crippen molar-refractivity contribution >= 4 is 23.5 Å². The second-order valence-electron chi connectivity index (χ2n) is 8.29. The molecule has 0 aromatic heterocycles. The number of nitrogens with zero attached hydrogens (tertiary/aromatic N) is 2. The number of carbonyl (C=O) groups excluding carboxylic acids is 2. The number of benzene rings is 2. The number of hydrazine groups is 1. The molecule has 35 heavy (non-hydrogen) atoms. The molecule has 0 unspecified atom stereocenters. The zero-order valence-corrected chi connectivity index (χ0v) is 21.0. The van der Waals surface area contributed by atoms with Crippen molar-refractivity contribution in [2.45, 2.75) is 6.92 Å². The number of amides is 1. The topological polar surface area (TPSA) is 80.3 Å². The van der Waals surface area contributed by atoms with Crippen LogP contribution in [-0.4, -0.2) is 76.3 Å². The summed E-state index contributed by atoms with van der Waals surface area (Å²) in [4.78, 5) is 28.9. The molecule has 0 radical (unpaired) electrons. The average Bonchev–Trinajstić information content (AvgIpc) is 2.89. The largest absolute Gasteiger partial charge is 0.497 e. The predicted octanol–water partition coefficient (Wildman–Crippen LogP) is 3.01. The normalized spacial score (nSPS) is 15.7. The SMILES string of the molecule is COC(=O)C(C(=Cc1ccccc1)C(=O)NN1CCN(C)CC1)=C(C)c1cc(OC)cc(OC)c1. The first-order valence-corrected chi connectivity index (χ1v) is 11.4. The Morgan fingerprint density at radius 3 is 2.06 bits per heavy atom. The molecule has 1 amide bonds. The van der Waals surface area contributed by atoms with E-state index in [1.165, 1.54) is 7.11 Å². The molecule has 1 N–H and O–H groups in total. The van der Waals surface area contributed by atoms with Gasteiger partial charge in [0, 0.05) is 32.2 Å². The Balaban J connectivity index is 2.13. The Kier molecular flexibility index (Phi) is 9.05. The number of carbonyl (C=O) groups is 2. The second kappa shape index (κ2) is 12.2. The Morgan fingerprint density at radius 1 is 0.914 bits per heavy atom. The highest BCUT2D eigenvalue weighted by Crippen LogP contribution is 2.32. The maximum absolute atomic E-state index is 13.6. The van der Waals surface area contributed by atoms with Gasteiger partial charge in [-0.1, -0.05) is 30.3 Å². The molecule has 1 saturated heterocycles. The molecule has 1 aliphatic rings. The predicted molar refractivity (Wildman–Crippen MR) is 136 cm³/mol. The first-order chi connectivity index (χ1) is 16.9. The molecule has 2 aromatic rings. The van der Waals surface area contributed by atoms with Gasteiger partial charge in [-0.05, 0) is 48.9 Å². The van der Waals surface area contributed by atoms with Crippen molar-refractivity contribution in [3.05, 3.63) is 70.8 Å². The number of methoxy groups -OCH3 is 3. The zero-order valence-electron chi connectivity index (χ0n) is 21.0. The van der Waals surface area contributed by atoms with Crippen molar-refractivity contribution in [1.82, 2.24) is 15.3 Å². The van der Waals surface area contributed by atoms with Gasteiger partial charge in [-0.25, -0.2) is 9.80 Å². The average molecular weight is 480 g/mol. The first kappa shape index (κ1) is 26.0. The summed E-state index contributed by atoms with van der Waals surface area (Å²) in [7, 11) is 6.47. The smallest absolute Gasteiger partial charge is 0.338 e. The van der Waals surface area contributed by atoms with E-state index in [2.05, 4.69) is 10.3 Å². The summed E-state index contributed by atoms with van der Waals surface area (Å²) in [5, 5.41) is 1.87. The Morgan fingerprint density at radius 2 is 1.51 bits per heavy atom. The maximum atomic E-state index is 13.6. The maximum Gasteiger partial charge on any atom is 0.338 e. The molecule has 0 bridgehead atoms. The molecule has 2 aromatic carbocycles. The molecule has 0 saturated carbocycles. The Labute approximate surface area is 206 Å². The van der Waals surface area contributed by atoms with Gasteiger partial charge < -0.3 is 19.1 Å². The fraction of sp³-hybridized carbons (Fsp3) is 0.333. The standard InChI is InChI=1S/C27H33N3O5/c1-19(21-16-22(33-3)18-23(17-21)34-4)25(27(32)35-5)24(15-20-9-7-6-8-10-20)26(31)28-30-13-11-29(2)12-14-30/h6-10,15-18H,11-14H2,1-5H3,(H,28,31). The number of nitrogens with one attached hydrogen (secondary N) is 1. The molecule has 1 aliphatic heterocycles. The zero-order chi connectivity index (χ0) is 25.4. The van der Waals surface area contributed by atoms with E-state index in [9.17, 15) is 9.59 Å². The third kappa shape index (κ3) is 6.71. The molecule has 0 aliphatic carbocycles. The van der Waals surface area contributed by atoms with Gasteiger partial charge in [0.05, 0.1) is 32.5 Å². The fourth-order valence-corrected chi connectivity index (χ4v) is 3.82. The minimum absolute atomic E-state index is 0.165. The van der Waals surface area contributed by atoms with Gasteiger partial charge in [0.2, 0.25) is 0 Å². The Hall–Kier alpha value is -3.62. The number of rotatable bonds is 8. The summed E-state index contributed by atoms with van der Waals surface area (Å²) >= 11 is 0. The molecule has 186 valence electrons. The summed E-state index contributed by atoms with van der Waals surface area (Å²) < 4.78 is 15.9. The van der Waals surface area contributed by atoms with Crippen LogP contribution in [0.25, 0.3) is 11.6 Å². The lowest BCUT2D eigenvalue weighted by Crippen LogP contribution is -2.53. The molecule has 3 rings (SSSR count). The van der Waals surface area contributed by atoms with E-state index in [0.717, 1.165) is 18.7 Å². The van der Waals surface area contributed by atoms with E-state index in [1.54, 1.807) is 45.4 Å². The lowest BCUT2D eigenvalue weighted by molar-refractivity contribution is -0.136. The highest BCUT2D eigenvalue weighted by atomic mass is 16.5. The van der Waals surface area contributed by atoms with E-state index in [4.69, 9.17) is 14.2 Å². The van der Waals surface area contributed by atoms with Gasteiger partial charge in [0.1, 0.15) is 11.5 Å². The van der Waals surface area contributed by atoms with Gasteiger partial charge >= 0.3 is 5.97 Å². The Bertz CT molecular complexity index is 1080. The summed E-state index contributed by atoms with van der Waals surface area (Å²) in [6, 6.07) is 14.7. The molecule has 0 atom stereocenters. The fourth-order valence-electron chi connectivity index (χ4n) is 3.82. The van der Waals surface area contributed by atoms with Crippen molar-refractivity contribution in [1.29, 1.82) is 0 Å². The summed E-state index contributed by atoms with van der Waals surface area (Å²) in [6.07, 6.45) is 1.71. The highest BCUT2D eigenvalue weighted by Gasteiger charge is 2.27. The van der Waals surface area contributed by atoms with Crippen LogP contribution in [0.3, 0.4) is 0 Å². The second-order valence-corrected chi connectivity index (χ2v) is 8.29. The van der Waals surface area contributed by atoms with Crippen LogP contribution in [0.2, 0.25) is 0 Å². The van der Waals surface area contributed by atoms with Crippen LogP contribution in [0.1, 0.15) is 18.1 Å². The molecular formula is C27H33N3O5. The first-order valence-electron chi connectivity index (χ1n) is 11.4. The van der Waals surface area contributed by atoms with Crippen LogP contribution in [0.5, 0.6) is 11.5 Å². The van der Waals surface area contributed by atoms with Gasteiger partial charge in [0.25, 0.3) is 5.91 Å². The third-order valence-corrected chi connectivity index (χ3v) is 5.94. The van der Waals surface area contributed by atoms with Crippen molar-refractivity contribution < 1.29 is 23.8 Å². The van der Waals surface area contributed by atoms with Gasteiger partial charge in [-0.3, -0.25) is 10.2 Å². The van der Waals surface area contributed by atoms with Crippen molar-refractivity contribution in [2.24, 2.45) is 0 Å². The van der Waals surface area contributed by atoms with Crippen LogP contribution in [-0.2, 0) is 14.3 Å². The quantitative estimate of drug-likeness (QED) is 0.354. The number of likely N-dealkylation sites (N-methyl/N-ethyl adjacent to an activating group) is 1. The van der Waals surface area contributed by atoms with Gasteiger partial charge in [0.15, 0.2) is 0 Å². The highest BCUT2D eigenvalue weighted by molar-refractivity contribution is 6.16. The number of ether oxygens (including phenoxy) is 3. The summed E-state index contributed by atoms with van der Waals surface area (Å²) in [6.45, 7) is 4.82. The van der Waals surface area contributed by atoms with Crippen molar-refractivity contribution in [2.75, 3.05) is 54.6 Å². The monoisotopic (exact) mass is 479 g/mol. The number of hydrogen-bond donors (Lipinski definition) is 1. The van der Waals surface area contributed by atoms with Crippen LogP contribution < -0.4 is 14.9 Å². The number of piperazine rings is 1.